The Morgan fingerprint density at radius 1 is 1.12 bits per heavy atom. The summed E-state index contributed by atoms with van der Waals surface area (Å²) in [6.45, 7) is 1.78. The largest absolute Gasteiger partial charge is 0.495 e. The zero-order valence-electron chi connectivity index (χ0n) is 14.5. The number of hydrogen-bond donors (Lipinski definition) is 2. The summed E-state index contributed by atoms with van der Waals surface area (Å²) in [4.78, 5) is 15.0. The molecule has 1 heterocycles. The molecule has 8 heteroatoms. The maximum Gasteiger partial charge on any atom is 0.356 e. The predicted octanol–water partition coefficient (Wildman–Crippen LogP) is 3.07. The van der Waals surface area contributed by atoms with E-state index in [1.807, 2.05) is 0 Å². The summed E-state index contributed by atoms with van der Waals surface area (Å²) in [7, 11) is -1.38. The highest BCUT2D eigenvalue weighted by Gasteiger charge is 2.26. The Balaban J connectivity index is 2.17. The van der Waals surface area contributed by atoms with E-state index >= 15 is 0 Å². The molecule has 0 saturated heterocycles. The molecule has 2 N–H and O–H groups in total. The van der Waals surface area contributed by atoms with E-state index in [0.29, 0.717) is 10.9 Å². The standard InChI is InChI=1S/C18H18N2O5S/c1-11-8-9-14(24-2)15(10-11)26(22,23)20-16-12-6-4-5-7-13(12)19-17(16)18(21)25-3/h4-10,19-20H,1-3H3. The van der Waals surface area contributed by atoms with E-state index in [0.717, 1.165) is 5.56 Å². The molecule has 0 radical (unpaired) electrons. The first-order valence-electron chi connectivity index (χ1n) is 7.74. The highest BCUT2D eigenvalue weighted by atomic mass is 32.2. The molecular weight excluding hydrogens is 356 g/mol. The van der Waals surface area contributed by atoms with Gasteiger partial charge in [0.2, 0.25) is 0 Å². The third-order valence-corrected chi connectivity index (χ3v) is 5.31. The molecule has 0 aliphatic carbocycles. The van der Waals surface area contributed by atoms with Crippen LogP contribution < -0.4 is 9.46 Å². The van der Waals surface area contributed by atoms with Gasteiger partial charge in [0.05, 0.1) is 19.9 Å². The molecule has 0 bridgehead atoms. The van der Waals surface area contributed by atoms with Crippen molar-refractivity contribution in [2.75, 3.05) is 18.9 Å². The van der Waals surface area contributed by atoms with Crippen molar-refractivity contribution in [2.24, 2.45) is 0 Å². The molecule has 0 amide bonds. The molecule has 0 aliphatic rings. The average Bonchev–Trinajstić information content (AvgIpc) is 2.99. The van der Waals surface area contributed by atoms with Crippen molar-refractivity contribution in [3.63, 3.8) is 0 Å². The van der Waals surface area contributed by atoms with Crippen molar-refractivity contribution >= 4 is 32.6 Å². The minimum absolute atomic E-state index is 0.0129. The molecule has 2 aromatic carbocycles. The Hall–Kier alpha value is -3.00. The molecule has 0 atom stereocenters. The number of carbonyl (C=O) groups is 1. The average molecular weight is 374 g/mol. The second-order valence-electron chi connectivity index (χ2n) is 5.67. The molecule has 0 saturated carbocycles. The smallest absolute Gasteiger partial charge is 0.356 e. The third kappa shape index (κ3) is 3.11. The van der Waals surface area contributed by atoms with Crippen LogP contribution in [0.2, 0.25) is 0 Å². The van der Waals surface area contributed by atoms with Crippen LogP contribution in [0, 0.1) is 6.92 Å². The van der Waals surface area contributed by atoms with Crippen LogP contribution in [-0.4, -0.2) is 33.6 Å². The van der Waals surface area contributed by atoms with E-state index in [9.17, 15) is 13.2 Å². The van der Waals surface area contributed by atoms with Gasteiger partial charge >= 0.3 is 5.97 Å². The van der Waals surface area contributed by atoms with Crippen LogP contribution >= 0.6 is 0 Å². The first-order valence-corrected chi connectivity index (χ1v) is 9.22. The quantitative estimate of drug-likeness (QED) is 0.669. The fourth-order valence-corrected chi connectivity index (χ4v) is 4.03. The number of H-pyrrole nitrogens is 1. The number of fused-ring (bicyclic) bond motifs is 1. The van der Waals surface area contributed by atoms with Gasteiger partial charge in [-0.25, -0.2) is 13.2 Å². The Bertz CT molecular complexity index is 1090. The summed E-state index contributed by atoms with van der Waals surface area (Å²) < 4.78 is 38.4. The fraction of sp³-hybridized carbons (Fsp3) is 0.167. The van der Waals surface area contributed by atoms with E-state index in [1.165, 1.54) is 20.3 Å². The number of para-hydroxylation sites is 1. The van der Waals surface area contributed by atoms with Gasteiger partial charge in [-0.2, -0.15) is 0 Å². The first kappa shape index (κ1) is 17.8. The number of sulfonamides is 1. The summed E-state index contributed by atoms with van der Waals surface area (Å²) in [6.07, 6.45) is 0. The van der Waals surface area contributed by atoms with Crippen molar-refractivity contribution in [3.8, 4) is 5.75 Å². The second-order valence-corrected chi connectivity index (χ2v) is 7.32. The van der Waals surface area contributed by atoms with Crippen molar-refractivity contribution in [1.29, 1.82) is 0 Å². The number of aromatic nitrogens is 1. The van der Waals surface area contributed by atoms with E-state index in [-0.39, 0.29) is 22.0 Å². The number of rotatable bonds is 5. The predicted molar refractivity (Wildman–Crippen MR) is 98.2 cm³/mol. The highest BCUT2D eigenvalue weighted by molar-refractivity contribution is 7.92. The Morgan fingerprint density at radius 2 is 1.85 bits per heavy atom. The van der Waals surface area contributed by atoms with Crippen LogP contribution in [0.25, 0.3) is 10.9 Å². The van der Waals surface area contributed by atoms with Crippen molar-refractivity contribution in [3.05, 3.63) is 53.7 Å². The number of carbonyl (C=O) groups excluding carboxylic acids is 1. The van der Waals surface area contributed by atoms with Gasteiger partial charge in [0, 0.05) is 10.9 Å². The molecule has 136 valence electrons. The Labute approximate surface area is 151 Å². The molecule has 0 spiro atoms. The van der Waals surface area contributed by atoms with Crippen molar-refractivity contribution < 1.29 is 22.7 Å². The van der Waals surface area contributed by atoms with Gasteiger partial charge in [-0.15, -0.1) is 0 Å². The summed E-state index contributed by atoms with van der Waals surface area (Å²) in [5.74, 6) is -0.460. The van der Waals surface area contributed by atoms with Gasteiger partial charge in [-0.1, -0.05) is 24.3 Å². The topological polar surface area (TPSA) is 97.5 Å². The zero-order valence-corrected chi connectivity index (χ0v) is 15.3. The summed E-state index contributed by atoms with van der Waals surface area (Å²) >= 11 is 0. The molecule has 0 fully saturated rings. The lowest BCUT2D eigenvalue weighted by atomic mass is 10.2. The van der Waals surface area contributed by atoms with E-state index in [4.69, 9.17) is 9.47 Å². The molecule has 1 aromatic heterocycles. The molecule has 0 unspecified atom stereocenters. The van der Waals surface area contributed by atoms with Gasteiger partial charge in [0.25, 0.3) is 10.0 Å². The summed E-state index contributed by atoms with van der Waals surface area (Å²) in [5, 5.41) is 0.558. The highest BCUT2D eigenvalue weighted by Crippen LogP contribution is 2.32. The normalized spacial score (nSPS) is 11.3. The SMILES string of the molecule is COC(=O)c1[nH]c2ccccc2c1NS(=O)(=O)c1cc(C)ccc1OC. The van der Waals surface area contributed by atoms with Gasteiger partial charge in [-0.05, 0) is 30.7 Å². The molecule has 3 rings (SSSR count). The number of anilines is 1. The van der Waals surface area contributed by atoms with Crippen LogP contribution in [0.3, 0.4) is 0 Å². The number of esters is 1. The van der Waals surface area contributed by atoms with E-state index in [2.05, 4.69) is 9.71 Å². The Kier molecular flexibility index (Phi) is 4.60. The first-order chi connectivity index (χ1) is 12.4. The monoisotopic (exact) mass is 374 g/mol. The van der Waals surface area contributed by atoms with Crippen molar-refractivity contribution in [2.45, 2.75) is 11.8 Å². The minimum atomic E-state index is -4.01. The van der Waals surface area contributed by atoms with Crippen LogP contribution in [0.15, 0.2) is 47.4 Å². The van der Waals surface area contributed by atoms with Crippen LogP contribution in [0.1, 0.15) is 16.1 Å². The lowest BCUT2D eigenvalue weighted by Gasteiger charge is -2.13. The number of hydrogen-bond acceptors (Lipinski definition) is 5. The Morgan fingerprint density at radius 3 is 2.54 bits per heavy atom. The maximum atomic E-state index is 13.0. The summed E-state index contributed by atoms with van der Waals surface area (Å²) in [6, 6.07) is 11.8. The number of ether oxygens (including phenoxy) is 2. The number of methoxy groups -OCH3 is 2. The number of nitrogens with one attached hydrogen (secondary N) is 2. The van der Waals surface area contributed by atoms with Gasteiger partial charge < -0.3 is 14.5 Å². The van der Waals surface area contributed by atoms with E-state index in [1.54, 1.807) is 43.3 Å². The van der Waals surface area contributed by atoms with Crippen LogP contribution in [0.4, 0.5) is 5.69 Å². The number of aromatic amines is 1. The molecular formula is C18H18N2O5S. The van der Waals surface area contributed by atoms with Crippen LogP contribution in [-0.2, 0) is 14.8 Å². The molecule has 26 heavy (non-hydrogen) atoms. The maximum absolute atomic E-state index is 13.0. The lowest BCUT2D eigenvalue weighted by Crippen LogP contribution is -2.16. The zero-order chi connectivity index (χ0) is 18.9. The summed E-state index contributed by atoms with van der Waals surface area (Å²) in [5.41, 5.74) is 1.54. The van der Waals surface area contributed by atoms with Gasteiger partial charge in [-0.3, -0.25) is 4.72 Å². The molecule has 0 aliphatic heterocycles. The lowest BCUT2D eigenvalue weighted by molar-refractivity contribution is 0.0596. The van der Waals surface area contributed by atoms with Crippen molar-refractivity contribution in [1.82, 2.24) is 4.98 Å². The number of benzene rings is 2. The van der Waals surface area contributed by atoms with E-state index < -0.39 is 16.0 Å². The van der Waals surface area contributed by atoms with Gasteiger partial charge in [0.1, 0.15) is 10.6 Å². The number of aryl methyl sites for hydroxylation is 1. The fourth-order valence-electron chi connectivity index (χ4n) is 2.69. The second kappa shape index (κ2) is 6.72. The van der Waals surface area contributed by atoms with Crippen LogP contribution in [0.5, 0.6) is 5.75 Å². The molecule has 7 nitrogen and oxygen atoms in total. The minimum Gasteiger partial charge on any atom is -0.495 e. The third-order valence-electron chi connectivity index (χ3n) is 3.94. The van der Waals surface area contributed by atoms with Gasteiger partial charge in [0.15, 0.2) is 5.69 Å². The molecule has 3 aromatic rings.